The molecule has 21 heavy (non-hydrogen) atoms. The van der Waals surface area contributed by atoms with Gasteiger partial charge in [0.05, 0.1) is 19.0 Å². The molecule has 0 aliphatic carbocycles. The molecule has 5 heteroatoms. The number of hydrogen-bond acceptors (Lipinski definition) is 4. The van der Waals surface area contributed by atoms with Crippen LogP contribution in [-0.2, 0) is 21.0 Å². The molecule has 0 bridgehead atoms. The zero-order chi connectivity index (χ0) is 15.5. The van der Waals surface area contributed by atoms with E-state index in [0.29, 0.717) is 5.57 Å². The zero-order valence-corrected chi connectivity index (χ0v) is 13.6. The Morgan fingerprint density at radius 2 is 2.00 bits per heavy atom. The lowest BCUT2D eigenvalue weighted by Crippen LogP contribution is -2.36. The molecule has 0 amide bonds. The minimum atomic E-state index is -3.07. The molecule has 2 rings (SSSR count). The van der Waals surface area contributed by atoms with Gasteiger partial charge in [-0.2, -0.15) is 0 Å². The van der Waals surface area contributed by atoms with E-state index in [2.05, 4.69) is 36.6 Å². The highest BCUT2D eigenvalue weighted by molar-refractivity contribution is 7.91. The highest BCUT2D eigenvalue weighted by Crippen LogP contribution is 2.26. The van der Waals surface area contributed by atoms with Gasteiger partial charge in [-0.3, -0.25) is 0 Å². The molecule has 1 heterocycles. The van der Waals surface area contributed by atoms with Gasteiger partial charge in [-0.25, -0.2) is 8.42 Å². The third kappa shape index (κ3) is 4.32. The molecule has 0 unspecified atom stereocenters. The zero-order valence-electron chi connectivity index (χ0n) is 12.8. The van der Waals surface area contributed by atoms with Crippen LogP contribution in [0.4, 0.5) is 5.69 Å². The third-order valence-corrected chi connectivity index (χ3v) is 4.54. The van der Waals surface area contributed by atoms with Crippen LogP contribution in [0.15, 0.2) is 24.8 Å². The van der Waals surface area contributed by atoms with Crippen LogP contribution < -0.4 is 4.90 Å². The predicted octanol–water partition coefficient (Wildman–Crippen LogP) is 2.14. The second-order valence-corrected chi connectivity index (χ2v) is 7.61. The molecule has 1 saturated heterocycles. The fourth-order valence-corrected chi connectivity index (χ4v) is 3.40. The summed E-state index contributed by atoms with van der Waals surface area (Å²) in [5, 5.41) is 0. The first kappa shape index (κ1) is 16.0. The van der Waals surface area contributed by atoms with Crippen LogP contribution in [0.1, 0.15) is 18.1 Å². The molecule has 1 aliphatic heterocycles. The van der Waals surface area contributed by atoms with Crippen molar-refractivity contribution in [2.75, 3.05) is 43.2 Å². The molecule has 0 spiro atoms. The Labute approximate surface area is 127 Å². The van der Waals surface area contributed by atoms with Gasteiger partial charge in [0, 0.05) is 25.0 Å². The van der Waals surface area contributed by atoms with Crippen molar-refractivity contribution in [3.05, 3.63) is 35.9 Å². The van der Waals surface area contributed by atoms with Crippen LogP contribution in [-0.4, -0.2) is 46.7 Å². The number of benzene rings is 1. The van der Waals surface area contributed by atoms with Crippen molar-refractivity contribution in [3.8, 4) is 0 Å². The SMILES string of the molecule is C=C(CS(C)(=O)=O)c1cc(N2CCOCC2)ccc1CC. The maximum atomic E-state index is 11.5. The van der Waals surface area contributed by atoms with Crippen LogP contribution in [0, 0.1) is 0 Å². The molecule has 1 aromatic rings. The van der Waals surface area contributed by atoms with E-state index >= 15 is 0 Å². The maximum Gasteiger partial charge on any atom is 0.151 e. The number of morpholine rings is 1. The highest BCUT2D eigenvalue weighted by Gasteiger charge is 2.15. The van der Waals surface area contributed by atoms with E-state index < -0.39 is 9.84 Å². The average molecular weight is 309 g/mol. The number of ether oxygens (including phenoxy) is 1. The number of hydrogen-bond donors (Lipinski definition) is 0. The van der Waals surface area contributed by atoms with Gasteiger partial charge in [0.25, 0.3) is 0 Å². The maximum absolute atomic E-state index is 11.5. The summed E-state index contributed by atoms with van der Waals surface area (Å²) in [5.74, 6) is 0.00651. The predicted molar refractivity (Wildman–Crippen MR) is 87.6 cm³/mol. The van der Waals surface area contributed by atoms with E-state index in [4.69, 9.17) is 4.74 Å². The Morgan fingerprint density at radius 3 is 2.57 bits per heavy atom. The molecule has 4 nitrogen and oxygen atoms in total. The first-order valence-corrected chi connectivity index (χ1v) is 9.28. The van der Waals surface area contributed by atoms with Gasteiger partial charge in [0.2, 0.25) is 0 Å². The normalized spacial score (nSPS) is 16.0. The summed E-state index contributed by atoms with van der Waals surface area (Å²) in [4.78, 5) is 2.26. The first-order chi connectivity index (χ1) is 9.90. The summed E-state index contributed by atoms with van der Waals surface area (Å²) in [5.41, 5.74) is 3.89. The molecule has 0 radical (unpaired) electrons. The summed E-state index contributed by atoms with van der Waals surface area (Å²) in [6.07, 6.45) is 2.11. The molecule has 1 fully saturated rings. The monoisotopic (exact) mass is 309 g/mol. The van der Waals surface area contributed by atoms with Crippen LogP contribution in [0.3, 0.4) is 0 Å². The van der Waals surface area contributed by atoms with E-state index in [9.17, 15) is 8.42 Å². The summed E-state index contributed by atoms with van der Waals surface area (Å²) in [7, 11) is -3.07. The Balaban J connectivity index is 2.31. The van der Waals surface area contributed by atoms with Gasteiger partial charge in [-0.05, 0) is 35.3 Å². The summed E-state index contributed by atoms with van der Waals surface area (Å²) < 4.78 is 28.4. The quantitative estimate of drug-likeness (QED) is 0.836. The van der Waals surface area contributed by atoms with Gasteiger partial charge in [0.1, 0.15) is 0 Å². The molecule has 116 valence electrons. The van der Waals surface area contributed by atoms with Gasteiger partial charge in [0.15, 0.2) is 9.84 Å². The second-order valence-electron chi connectivity index (χ2n) is 5.47. The number of sulfone groups is 1. The lowest BCUT2D eigenvalue weighted by atomic mass is 9.99. The molecule has 1 aliphatic rings. The Hall–Kier alpha value is -1.33. The van der Waals surface area contributed by atoms with Crippen molar-refractivity contribution >= 4 is 21.1 Å². The van der Waals surface area contributed by atoms with Crippen molar-refractivity contribution in [3.63, 3.8) is 0 Å². The van der Waals surface area contributed by atoms with Crippen LogP contribution in [0.5, 0.6) is 0 Å². The lowest BCUT2D eigenvalue weighted by Gasteiger charge is -2.29. The summed E-state index contributed by atoms with van der Waals surface area (Å²) in [6, 6.07) is 6.24. The van der Waals surface area contributed by atoms with Gasteiger partial charge in [-0.1, -0.05) is 19.6 Å². The van der Waals surface area contributed by atoms with Crippen molar-refractivity contribution in [1.29, 1.82) is 0 Å². The molecule has 0 atom stereocenters. The first-order valence-electron chi connectivity index (χ1n) is 7.22. The average Bonchev–Trinajstić information content (AvgIpc) is 2.45. The molecular weight excluding hydrogens is 286 g/mol. The fourth-order valence-electron chi connectivity index (χ4n) is 2.61. The molecule has 0 saturated carbocycles. The van der Waals surface area contributed by atoms with Crippen LogP contribution in [0.25, 0.3) is 5.57 Å². The summed E-state index contributed by atoms with van der Waals surface area (Å²) >= 11 is 0. The number of nitrogens with zero attached hydrogens (tertiary/aromatic N) is 1. The Morgan fingerprint density at radius 1 is 1.33 bits per heavy atom. The molecule has 0 N–H and O–H groups in total. The number of anilines is 1. The minimum Gasteiger partial charge on any atom is -0.378 e. The number of aryl methyl sites for hydroxylation is 1. The van der Waals surface area contributed by atoms with E-state index in [1.165, 1.54) is 6.26 Å². The molecular formula is C16H23NO3S. The second kappa shape index (κ2) is 6.62. The molecule has 1 aromatic carbocycles. The lowest BCUT2D eigenvalue weighted by molar-refractivity contribution is 0.122. The molecule has 0 aromatic heterocycles. The van der Waals surface area contributed by atoms with E-state index in [0.717, 1.165) is 49.5 Å². The number of rotatable bonds is 5. The Bertz CT molecular complexity index is 616. The standard InChI is InChI=1S/C16H23NO3S/c1-4-14-5-6-15(17-7-9-20-10-8-17)11-16(14)13(2)12-21(3,18)19/h5-6,11H,2,4,7-10,12H2,1,3H3. The van der Waals surface area contributed by atoms with Gasteiger partial charge >= 0.3 is 0 Å². The topological polar surface area (TPSA) is 46.6 Å². The van der Waals surface area contributed by atoms with Crippen molar-refractivity contribution in [1.82, 2.24) is 0 Å². The highest BCUT2D eigenvalue weighted by atomic mass is 32.2. The fraction of sp³-hybridized carbons (Fsp3) is 0.500. The Kier molecular flexibility index (Phi) is 5.06. The van der Waals surface area contributed by atoms with E-state index in [1.54, 1.807) is 0 Å². The summed E-state index contributed by atoms with van der Waals surface area (Å²) in [6.45, 7) is 9.24. The van der Waals surface area contributed by atoms with Crippen molar-refractivity contribution in [2.45, 2.75) is 13.3 Å². The van der Waals surface area contributed by atoms with Crippen molar-refractivity contribution in [2.24, 2.45) is 0 Å². The van der Waals surface area contributed by atoms with Gasteiger partial charge in [-0.15, -0.1) is 0 Å². The van der Waals surface area contributed by atoms with Crippen LogP contribution in [0.2, 0.25) is 0 Å². The van der Waals surface area contributed by atoms with Crippen LogP contribution >= 0.6 is 0 Å². The minimum absolute atomic E-state index is 0.00651. The van der Waals surface area contributed by atoms with Crippen molar-refractivity contribution < 1.29 is 13.2 Å². The van der Waals surface area contributed by atoms with E-state index in [1.807, 2.05) is 0 Å². The van der Waals surface area contributed by atoms with E-state index in [-0.39, 0.29) is 5.75 Å². The largest absolute Gasteiger partial charge is 0.378 e. The van der Waals surface area contributed by atoms with Gasteiger partial charge < -0.3 is 9.64 Å². The third-order valence-electron chi connectivity index (χ3n) is 3.67. The smallest absolute Gasteiger partial charge is 0.151 e.